The number of nitrogens with zero attached hydrogens (tertiary/aromatic N) is 1. The van der Waals surface area contributed by atoms with Crippen LogP contribution in [0.15, 0.2) is 28.7 Å². The fraction of sp³-hybridized carbons (Fsp3) is 0.286. The van der Waals surface area contributed by atoms with Gasteiger partial charge in [-0.3, -0.25) is 9.59 Å². The standard InChI is InChI=1S/C14H13BrFNO3.ClH/c15-11-2-3-12(16)9(7-11)1-4-13(18)17-6-5-10(8-17)14(19)20;/h1-4,7,10H,5-6,8H2,(H,19,20);1H/b4-1+;. The number of benzene rings is 1. The number of hydrogen-bond acceptors (Lipinski definition) is 2. The highest BCUT2D eigenvalue weighted by Gasteiger charge is 2.29. The molecule has 0 spiro atoms. The summed E-state index contributed by atoms with van der Waals surface area (Å²) < 4.78 is 14.2. The van der Waals surface area contributed by atoms with Crippen molar-refractivity contribution in [2.75, 3.05) is 13.1 Å². The Morgan fingerprint density at radius 3 is 2.76 bits per heavy atom. The molecule has 1 atom stereocenters. The average Bonchev–Trinajstić information content (AvgIpc) is 2.89. The second-order valence-electron chi connectivity index (χ2n) is 4.61. The highest BCUT2D eigenvalue weighted by Crippen LogP contribution is 2.19. The van der Waals surface area contributed by atoms with Gasteiger partial charge >= 0.3 is 5.97 Å². The highest BCUT2D eigenvalue weighted by atomic mass is 79.9. The summed E-state index contributed by atoms with van der Waals surface area (Å²) in [4.78, 5) is 24.2. The maximum absolute atomic E-state index is 13.5. The summed E-state index contributed by atoms with van der Waals surface area (Å²) in [6.07, 6.45) is 3.13. The van der Waals surface area contributed by atoms with Gasteiger partial charge in [0, 0.05) is 29.2 Å². The van der Waals surface area contributed by atoms with Gasteiger partial charge in [-0.25, -0.2) is 4.39 Å². The van der Waals surface area contributed by atoms with Gasteiger partial charge in [-0.2, -0.15) is 0 Å². The number of hydrogen-bond donors (Lipinski definition) is 1. The summed E-state index contributed by atoms with van der Waals surface area (Å²) in [6.45, 7) is 0.626. The van der Waals surface area contributed by atoms with Gasteiger partial charge in [0.25, 0.3) is 0 Å². The molecule has 0 aliphatic carbocycles. The molecule has 1 amide bonds. The quantitative estimate of drug-likeness (QED) is 0.823. The van der Waals surface area contributed by atoms with Crippen molar-refractivity contribution in [3.8, 4) is 0 Å². The van der Waals surface area contributed by atoms with Crippen LogP contribution in [0.5, 0.6) is 0 Å². The molecule has 1 N–H and O–H groups in total. The third-order valence-corrected chi connectivity index (χ3v) is 3.71. The molecule has 0 radical (unpaired) electrons. The number of aliphatic carboxylic acids is 1. The normalized spacial score (nSPS) is 17.8. The van der Waals surface area contributed by atoms with Crippen LogP contribution in [-0.4, -0.2) is 35.0 Å². The Labute approximate surface area is 136 Å². The maximum atomic E-state index is 13.5. The van der Waals surface area contributed by atoms with E-state index in [2.05, 4.69) is 15.9 Å². The minimum atomic E-state index is -0.887. The molecule has 1 aliphatic heterocycles. The van der Waals surface area contributed by atoms with Gasteiger partial charge in [-0.1, -0.05) is 15.9 Å². The fourth-order valence-electron chi connectivity index (χ4n) is 2.07. The Morgan fingerprint density at radius 2 is 2.14 bits per heavy atom. The van der Waals surface area contributed by atoms with E-state index in [0.717, 1.165) is 4.47 Å². The van der Waals surface area contributed by atoms with Gasteiger partial charge in [0.1, 0.15) is 5.82 Å². The van der Waals surface area contributed by atoms with Crippen LogP contribution in [-0.2, 0) is 9.59 Å². The van der Waals surface area contributed by atoms with Crippen LogP contribution in [0.2, 0.25) is 0 Å². The molecule has 2 rings (SSSR count). The second-order valence-corrected chi connectivity index (χ2v) is 5.52. The predicted octanol–water partition coefficient (Wildman–Crippen LogP) is 2.96. The zero-order chi connectivity index (χ0) is 14.7. The lowest BCUT2D eigenvalue weighted by molar-refractivity contribution is -0.141. The van der Waals surface area contributed by atoms with Gasteiger partial charge in [-0.05, 0) is 30.7 Å². The lowest BCUT2D eigenvalue weighted by Crippen LogP contribution is -2.28. The molecule has 1 aromatic rings. The summed E-state index contributed by atoms with van der Waals surface area (Å²) in [7, 11) is 0. The van der Waals surface area contributed by atoms with Gasteiger partial charge in [0.2, 0.25) is 5.91 Å². The lowest BCUT2D eigenvalue weighted by atomic mass is 10.1. The molecule has 114 valence electrons. The summed E-state index contributed by atoms with van der Waals surface area (Å²) in [5.74, 6) is -2.10. The molecule has 0 aromatic heterocycles. The fourth-order valence-corrected chi connectivity index (χ4v) is 2.45. The Balaban J connectivity index is 0.00000220. The summed E-state index contributed by atoms with van der Waals surface area (Å²) in [5, 5.41) is 8.88. The SMILES string of the molecule is Cl.O=C(O)C1CCN(C(=O)/C=C/c2cc(Br)ccc2F)C1. The molecular formula is C14H14BrClFNO3. The lowest BCUT2D eigenvalue weighted by Gasteiger charge is -2.12. The third-order valence-electron chi connectivity index (χ3n) is 3.21. The van der Waals surface area contributed by atoms with Crippen molar-refractivity contribution in [1.29, 1.82) is 0 Å². The summed E-state index contributed by atoms with van der Waals surface area (Å²) in [5.41, 5.74) is 0.307. The van der Waals surface area contributed by atoms with Crippen molar-refractivity contribution in [3.05, 3.63) is 40.1 Å². The van der Waals surface area contributed by atoms with Gasteiger partial charge in [-0.15, -0.1) is 12.4 Å². The van der Waals surface area contributed by atoms with Crippen LogP contribution in [0.25, 0.3) is 6.08 Å². The number of carboxylic acid groups (broad SMARTS) is 1. The summed E-state index contributed by atoms with van der Waals surface area (Å²) >= 11 is 3.23. The van der Waals surface area contributed by atoms with Crippen LogP contribution < -0.4 is 0 Å². The van der Waals surface area contributed by atoms with Crippen molar-refractivity contribution in [3.63, 3.8) is 0 Å². The molecule has 4 nitrogen and oxygen atoms in total. The first kappa shape index (κ1) is 17.7. The Hall–Kier alpha value is -1.40. The molecule has 0 bridgehead atoms. The monoisotopic (exact) mass is 377 g/mol. The van der Waals surface area contributed by atoms with E-state index in [4.69, 9.17) is 5.11 Å². The largest absolute Gasteiger partial charge is 0.481 e. The van der Waals surface area contributed by atoms with E-state index in [-0.39, 0.29) is 24.9 Å². The number of rotatable bonds is 3. The van der Waals surface area contributed by atoms with Crippen molar-refractivity contribution in [1.82, 2.24) is 4.90 Å². The van der Waals surface area contributed by atoms with E-state index in [0.29, 0.717) is 18.5 Å². The summed E-state index contributed by atoms with van der Waals surface area (Å²) in [6, 6.07) is 4.46. The Kier molecular flexibility index (Phi) is 6.36. The number of carbonyl (C=O) groups excluding carboxylic acids is 1. The number of halogens is 3. The van der Waals surface area contributed by atoms with Gasteiger partial charge in [0.15, 0.2) is 0 Å². The van der Waals surface area contributed by atoms with Crippen molar-refractivity contribution in [2.24, 2.45) is 5.92 Å². The van der Waals surface area contributed by atoms with Gasteiger partial charge in [0.05, 0.1) is 5.92 Å². The van der Waals surface area contributed by atoms with E-state index < -0.39 is 17.7 Å². The second kappa shape index (κ2) is 7.56. The number of carbonyl (C=O) groups is 2. The molecule has 1 saturated heterocycles. The smallest absolute Gasteiger partial charge is 0.308 e. The molecular weight excluding hydrogens is 365 g/mol. The van der Waals surface area contributed by atoms with E-state index in [1.54, 1.807) is 12.1 Å². The van der Waals surface area contributed by atoms with Gasteiger partial charge < -0.3 is 10.0 Å². The highest BCUT2D eigenvalue weighted by molar-refractivity contribution is 9.10. The van der Waals surface area contributed by atoms with Crippen LogP contribution in [0.4, 0.5) is 4.39 Å². The maximum Gasteiger partial charge on any atom is 0.308 e. The van der Waals surface area contributed by atoms with Crippen molar-refractivity contribution in [2.45, 2.75) is 6.42 Å². The van der Waals surface area contributed by atoms with Crippen LogP contribution in [0.1, 0.15) is 12.0 Å². The molecule has 1 aliphatic rings. The topological polar surface area (TPSA) is 57.6 Å². The van der Waals surface area contributed by atoms with Crippen molar-refractivity contribution >= 4 is 46.3 Å². The van der Waals surface area contributed by atoms with Crippen LogP contribution in [0, 0.1) is 11.7 Å². The Bertz CT molecular complexity index is 579. The number of amides is 1. The van der Waals surface area contributed by atoms with Crippen LogP contribution in [0.3, 0.4) is 0 Å². The first-order valence-corrected chi connectivity index (χ1v) is 6.91. The minimum absolute atomic E-state index is 0. The average molecular weight is 379 g/mol. The predicted molar refractivity (Wildman–Crippen MR) is 82.7 cm³/mol. The molecule has 1 fully saturated rings. The first-order chi connectivity index (χ1) is 9.47. The third kappa shape index (κ3) is 4.54. The number of likely N-dealkylation sites (tertiary alicyclic amines) is 1. The molecule has 1 heterocycles. The molecule has 1 unspecified atom stereocenters. The van der Waals surface area contributed by atoms with Crippen LogP contribution >= 0.6 is 28.3 Å². The van der Waals surface area contributed by atoms with E-state index in [1.165, 1.54) is 23.1 Å². The zero-order valence-electron chi connectivity index (χ0n) is 11.0. The Morgan fingerprint density at radius 1 is 1.43 bits per heavy atom. The molecule has 7 heteroatoms. The minimum Gasteiger partial charge on any atom is -0.481 e. The van der Waals surface area contributed by atoms with Crippen molar-refractivity contribution < 1.29 is 19.1 Å². The van der Waals surface area contributed by atoms with E-state index in [1.807, 2.05) is 0 Å². The molecule has 1 aromatic carbocycles. The molecule has 21 heavy (non-hydrogen) atoms. The zero-order valence-corrected chi connectivity index (χ0v) is 13.4. The number of carboxylic acids is 1. The first-order valence-electron chi connectivity index (χ1n) is 6.12. The van der Waals surface area contributed by atoms with E-state index >= 15 is 0 Å². The molecule has 0 saturated carbocycles. The van der Waals surface area contributed by atoms with E-state index in [9.17, 15) is 14.0 Å².